The minimum absolute atomic E-state index is 0.215. The first-order valence-corrected chi connectivity index (χ1v) is 11.4. The predicted octanol–water partition coefficient (Wildman–Crippen LogP) is 5.02. The van der Waals surface area contributed by atoms with Crippen LogP contribution in [0.3, 0.4) is 0 Å². The van der Waals surface area contributed by atoms with Gasteiger partial charge in [-0.2, -0.15) is 0 Å². The van der Waals surface area contributed by atoms with Gasteiger partial charge in [-0.1, -0.05) is 48.0 Å². The summed E-state index contributed by atoms with van der Waals surface area (Å²) >= 11 is 0. The Hall–Kier alpha value is -3.22. The van der Waals surface area contributed by atoms with Crippen LogP contribution in [-0.2, 0) is 16.1 Å². The van der Waals surface area contributed by atoms with Crippen molar-refractivity contribution < 1.29 is 23.8 Å². The van der Waals surface area contributed by atoms with Crippen LogP contribution in [0.15, 0.2) is 54.6 Å². The van der Waals surface area contributed by atoms with E-state index in [0.717, 1.165) is 16.9 Å². The number of hydrogen-bond donors (Lipinski definition) is 0. The van der Waals surface area contributed by atoms with Crippen LogP contribution in [0, 0.1) is 6.92 Å². The van der Waals surface area contributed by atoms with E-state index < -0.39 is 5.60 Å². The first-order valence-electron chi connectivity index (χ1n) is 11.4. The normalized spacial score (nSPS) is 16.3. The summed E-state index contributed by atoms with van der Waals surface area (Å²) in [7, 11) is 0. The van der Waals surface area contributed by atoms with Gasteiger partial charge in [-0.3, -0.25) is 0 Å². The molecular weight excluding hydrogens is 420 g/mol. The average Bonchev–Trinajstić information content (AvgIpc) is 2.78. The maximum Gasteiger partial charge on any atom is 0.410 e. The monoisotopic (exact) mass is 454 g/mol. The van der Waals surface area contributed by atoms with Crippen LogP contribution in [0.4, 0.5) is 9.59 Å². The minimum Gasteiger partial charge on any atom is -0.494 e. The van der Waals surface area contributed by atoms with Gasteiger partial charge in [-0.05, 0) is 45.4 Å². The number of amides is 2. The zero-order valence-corrected chi connectivity index (χ0v) is 20.0. The maximum absolute atomic E-state index is 12.8. The lowest BCUT2D eigenvalue weighted by Crippen LogP contribution is -2.57. The molecule has 7 nitrogen and oxygen atoms in total. The molecule has 1 aliphatic rings. The number of benzene rings is 2. The number of rotatable bonds is 6. The molecule has 1 aliphatic heterocycles. The molecule has 0 spiro atoms. The van der Waals surface area contributed by atoms with Gasteiger partial charge in [-0.25, -0.2) is 9.59 Å². The Morgan fingerprint density at radius 2 is 1.67 bits per heavy atom. The molecule has 2 aromatic carbocycles. The van der Waals surface area contributed by atoms with E-state index in [1.54, 1.807) is 9.80 Å². The van der Waals surface area contributed by atoms with Gasteiger partial charge in [0.2, 0.25) is 0 Å². The van der Waals surface area contributed by atoms with E-state index in [-0.39, 0.29) is 24.8 Å². The summed E-state index contributed by atoms with van der Waals surface area (Å²) in [6, 6.07) is 17.2. The van der Waals surface area contributed by atoms with E-state index in [2.05, 4.69) is 0 Å². The molecule has 0 N–H and O–H groups in total. The van der Waals surface area contributed by atoms with E-state index in [9.17, 15) is 9.59 Å². The smallest absolute Gasteiger partial charge is 0.410 e. The molecule has 0 unspecified atom stereocenters. The summed E-state index contributed by atoms with van der Waals surface area (Å²) in [5.74, 6) is 0.777. The van der Waals surface area contributed by atoms with Crippen LogP contribution >= 0.6 is 0 Å². The number of hydrogen-bond acceptors (Lipinski definition) is 5. The highest BCUT2D eigenvalue weighted by Gasteiger charge is 2.35. The van der Waals surface area contributed by atoms with E-state index in [4.69, 9.17) is 14.2 Å². The molecule has 2 aromatic rings. The van der Waals surface area contributed by atoms with Gasteiger partial charge in [-0.15, -0.1) is 0 Å². The summed E-state index contributed by atoms with van der Waals surface area (Å²) in [6.45, 7) is 9.33. The highest BCUT2D eigenvalue weighted by atomic mass is 16.6. The Labute approximate surface area is 196 Å². The van der Waals surface area contributed by atoms with Crippen molar-refractivity contribution in [2.45, 2.75) is 52.4 Å². The Bertz CT molecular complexity index is 909. The molecule has 33 heavy (non-hydrogen) atoms. The van der Waals surface area contributed by atoms with E-state index in [1.807, 2.05) is 82.3 Å². The highest BCUT2D eigenvalue weighted by molar-refractivity contribution is 5.71. The van der Waals surface area contributed by atoms with Crippen LogP contribution < -0.4 is 4.74 Å². The molecule has 0 radical (unpaired) electrons. The predicted molar refractivity (Wildman–Crippen MR) is 126 cm³/mol. The zero-order valence-electron chi connectivity index (χ0n) is 20.0. The molecule has 0 bridgehead atoms. The molecule has 0 saturated carbocycles. The van der Waals surface area contributed by atoms with Crippen molar-refractivity contribution in [2.24, 2.45) is 0 Å². The van der Waals surface area contributed by atoms with Crippen LogP contribution in [0.2, 0.25) is 0 Å². The van der Waals surface area contributed by atoms with Gasteiger partial charge in [0.15, 0.2) is 0 Å². The summed E-state index contributed by atoms with van der Waals surface area (Å²) in [5, 5.41) is 0. The minimum atomic E-state index is -0.591. The summed E-state index contributed by atoms with van der Waals surface area (Å²) in [6.07, 6.45) is -0.192. The number of aryl methyl sites for hydroxylation is 1. The zero-order chi connectivity index (χ0) is 23.8. The third-order valence-corrected chi connectivity index (χ3v) is 5.31. The van der Waals surface area contributed by atoms with Gasteiger partial charge in [0.25, 0.3) is 0 Å². The second-order valence-electron chi connectivity index (χ2n) is 9.26. The lowest BCUT2D eigenvalue weighted by molar-refractivity contribution is -0.00614. The third-order valence-electron chi connectivity index (χ3n) is 5.31. The summed E-state index contributed by atoms with van der Waals surface area (Å²) in [4.78, 5) is 28.8. The van der Waals surface area contributed by atoms with Crippen LogP contribution in [0.25, 0.3) is 0 Å². The molecular formula is C26H34N2O5. The van der Waals surface area contributed by atoms with Crippen LogP contribution in [0.5, 0.6) is 5.75 Å². The molecule has 0 aromatic heterocycles. The van der Waals surface area contributed by atoms with Gasteiger partial charge in [0, 0.05) is 26.1 Å². The van der Waals surface area contributed by atoms with Crippen molar-refractivity contribution in [1.82, 2.24) is 9.80 Å². The Kier molecular flexibility index (Phi) is 8.20. The Morgan fingerprint density at radius 1 is 0.970 bits per heavy atom. The first-order chi connectivity index (χ1) is 15.7. The molecule has 3 rings (SSSR count). The molecule has 1 fully saturated rings. The van der Waals surface area contributed by atoms with E-state index in [0.29, 0.717) is 32.7 Å². The number of ether oxygens (including phenoxy) is 3. The summed E-state index contributed by atoms with van der Waals surface area (Å²) < 4.78 is 17.0. The highest BCUT2D eigenvalue weighted by Crippen LogP contribution is 2.20. The number of carbonyl (C=O) groups is 2. The molecule has 178 valence electrons. The van der Waals surface area contributed by atoms with Gasteiger partial charge in [0.1, 0.15) is 18.0 Å². The van der Waals surface area contributed by atoms with E-state index >= 15 is 0 Å². The average molecular weight is 455 g/mol. The van der Waals surface area contributed by atoms with Crippen molar-refractivity contribution in [3.05, 3.63) is 65.7 Å². The van der Waals surface area contributed by atoms with Crippen molar-refractivity contribution in [2.75, 3.05) is 26.2 Å². The van der Waals surface area contributed by atoms with Crippen molar-refractivity contribution in [1.29, 1.82) is 0 Å². The fourth-order valence-electron chi connectivity index (χ4n) is 3.59. The largest absolute Gasteiger partial charge is 0.494 e. The lowest BCUT2D eigenvalue weighted by atomic mass is 10.1. The van der Waals surface area contributed by atoms with Crippen LogP contribution in [0.1, 0.15) is 38.3 Å². The number of piperazine rings is 1. The van der Waals surface area contributed by atoms with Crippen molar-refractivity contribution >= 4 is 12.2 Å². The molecule has 1 atom stereocenters. The standard InChI is InChI=1S/C26H34N2O5/c1-20-10-12-23(13-11-20)31-17-14-22-18-27(15-16-28(22)25(30)33-26(2,3)4)24(29)32-19-21-8-6-5-7-9-21/h5-13,22H,14-19H2,1-4H3/t22-/m1/s1. The second kappa shape index (κ2) is 11.1. The SMILES string of the molecule is Cc1ccc(OCC[C@@H]2CN(C(=O)OCc3ccccc3)CCN2C(=O)OC(C)(C)C)cc1. The summed E-state index contributed by atoms with van der Waals surface area (Å²) in [5.41, 5.74) is 1.50. The van der Waals surface area contributed by atoms with Gasteiger partial charge < -0.3 is 24.0 Å². The quantitative estimate of drug-likeness (QED) is 0.613. The van der Waals surface area contributed by atoms with Crippen molar-refractivity contribution in [3.8, 4) is 5.75 Å². The molecule has 0 aliphatic carbocycles. The molecule has 1 saturated heterocycles. The number of nitrogens with zero attached hydrogens (tertiary/aromatic N) is 2. The first kappa shape index (κ1) is 24.4. The van der Waals surface area contributed by atoms with Crippen LogP contribution in [-0.4, -0.2) is 59.9 Å². The van der Waals surface area contributed by atoms with Gasteiger partial charge >= 0.3 is 12.2 Å². The third kappa shape index (κ3) is 7.70. The fraction of sp³-hybridized carbons (Fsp3) is 0.462. The topological polar surface area (TPSA) is 68.3 Å². The fourth-order valence-corrected chi connectivity index (χ4v) is 3.59. The van der Waals surface area contributed by atoms with Gasteiger partial charge in [0.05, 0.1) is 12.6 Å². The molecule has 7 heteroatoms. The lowest BCUT2D eigenvalue weighted by Gasteiger charge is -2.41. The Morgan fingerprint density at radius 3 is 2.33 bits per heavy atom. The van der Waals surface area contributed by atoms with Crippen molar-refractivity contribution in [3.63, 3.8) is 0 Å². The van der Waals surface area contributed by atoms with E-state index in [1.165, 1.54) is 0 Å². The molecule has 1 heterocycles. The number of carbonyl (C=O) groups excluding carboxylic acids is 2. The maximum atomic E-state index is 12.8. The second-order valence-corrected chi connectivity index (χ2v) is 9.26. The molecule has 2 amide bonds. The Balaban J connectivity index is 1.60.